The summed E-state index contributed by atoms with van der Waals surface area (Å²) in [6, 6.07) is 0. The van der Waals surface area contributed by atoms with Crippen LogP contribution in [0, 0.1) is 0 Å². The van der Waals surface area contributed by atoms with Crippen LogP contribution in [-0.4, -0.2) is 28.1 Å². The Morgan fingerprint density at radius 1 is 1.55 bits per heavy atom. The number of rotatable bonds is 8. The SMILES string of the molecule is CCO/N=C/Cc1cnc([S@@+]([O-])CCC(F)=C(F)F)s1. The van der Waals surface area contributed by atoms with Crippen LogP contribution in [0.5, 0.6) is 0 Å². The van der Waals surface area contributed by atoms with Crippen LogP contribution < -0.4 is 0 Å². The first kappa shape index (κ1) is 17.0. The third-order valence-corrected chi connectivity index (χ3v) is 4.70. The molecule has 1 aromatic rings. The maximum Gasteiger partial charge on any atom is 0.301 e. The van der Waals surface area contributed by atoms with Crippen molar-refractivity contribution in [3.05, 3.63) is 23.0 Å². The maximum absolute atomic E-state index is 12.6. The van der Waals surface area contributed by atoms with Gasteiger partial charge in [-0.1, -0.05) is 16.5 Å². The van der Waals surface area contributed by atoms with Gasteiger partial charge in [0.15, 0.2) is 5.83 Å². The van der Waals surface area contributed by atoms with Gasteiger partial charge in [-0.2, -0.15) is 13.8 Å². The number of thiazole rings is 1. The van der Waals surface area contributed by atoms with Crippen LogP contribution in [0.3, 0.4) is 0 Å². The number of hydrogen-bond donors (Lipinski definition) is 0. The van der Waals surface area contributed by atoms with Gasteiger partial charge in [-0.05, 0) is 6.92 Å². The Balaban J connectivity index is 2.47. The van der Waals surface area contributed by atoms with Gasteiger partial charge in [0.2, 0.25) is 0 Å². The van der Waals surface area contributed by atoms with Crippen molar-refractivity contribution >= 4 is 28.7 Å². The number of allylic oxidation sites excluding steroid dienone is 1. The molecule has 0 spiro atoms. The molecule has 0 fully saturated rings. The van der Waals surface area contributed by atoms with E-state index in [1.54, 1.807) is 13.1 Å². The zero-order valence-corrected chi connectivity index (χ0v) is 12.3. The van der Waals surface area contributed by atoms with E-state index in [2.05, 4.69) is 10.1 Å². The van der Waals surface area contributed by atoms with Crippen LogP contribution in [-0.2, 0) is 22.4 Å². The molecule has 112 valence electrons. The molecular weight excluding hydrogens is 313 g/mol. The van der Waals surface area contributed by atoms with Gasteiger partial charge in [0, 0.05) is 34.9 Å². The molecule has 1 atom stereocenters. The van der Waals surface area contributed by atoms with Gasteiger partial charge in [-0.25, -0.2) is 4.39 Å². The minimum Gasteiger partial charge on any atom is -0.610 e. The zero-order valence-electron chi connectivity index (χ0n) is 10.6. The first-order valence-electron chi connectivity index (χ1n) is 5.71. The lowest BCUT2D eigenvalue weighted by molar-refractivity contribution is 0.160. The van der Waals surface area contributed by atoms with E-state index in [1.165, 1.54) is 17.5 Å². The van der Waals surface area contributed by atoms with Crippen molar-refractivity contribution < 1.29 is 22.6 Å². The molecule has 0 bridgehead atoms. The van der Waals surface area contributed by atoms with Crippen LogP contribution in [0.4, 0.5) is 13.2 Å². The largest absolute Gasteiger partial charge is 0.610 e. The monoisotopic (exact) mass is 326 g/mol. The topological polar surface area (TPSA) is 57.5 Å². The van der Waals surface area contributed by atoms with E-state index in [1.807, 2.05) is 0 Å². The smallest absolute Gasteiger partial charge is 0.301 e. The lowest BCUT2D eigenvalue weighted by Gasteiger charge is -2.04. The third kappa shape index (κ3) is 5.93. The van der Waals surface area contributed by atoms with Gasteiger partial charge < -0.3 is 9.39 Å². The van der Waals surface area contributed by atoms with Crippen LogP contribution in [0.2, 0.25) is 0 Å². The second-order valence-electron chi connectivity index (χ2n) is 3.47. The molecule has 0 aromatic carbocycles. The highest BCUT2D eigenvalue weighted by atomic mass is 32.2. The molecule has 0 N–H and O–H groups in total. The van der Waals surface area contributed by atoms with Crippen molar-refractivity contribution in [2.75, 3.05) is 12.4 Å². The molecule has 1 heterocycles. The highest BCUT2D eigenvalue weighted by molar-refractivity contribution is 7.93. The molecule has 0 saturated heterocycles. The van der Waals surface area contributed by atoms with Crippen molar-refractivity contribution in [1.82, 2.24) is 4.98 Å². The highest BCUT2D eigenvalue weighted by Gasteiger charge is 2.18. The Bertz CT molecular complexity index is 476. The van der Waals surface area contributed by atoms with E-state index in [4.69, 9.17) is 4.84 Å². The standard InChI is InChI=1S/C11H13F3N2O2S2/c1-2-18-16-5-3-8-7-15-11(19-8)20(17)6-4-9(12)10(13)14/h5,7H,2-4,6H2,1H3/b16-5+/t20-/m0/s1. The van der Waals surface area contributed by atoms with Gasteiger partial charge in [-0.15, -0.1) is 0 Å². The number of oxime groups is 1. The number of nitrogens with zero attached hydrogens (tertiary/aromatic N) is 2. The fraction of sp³-hybridized carbons (Fsp3) is 0.455. The lowest BCUT2D eigenvalue weighted by Crippen LogP contribution is -2.06. The van der Waals surface area contributed by atoms with Crippen molar-refractivity contribution in [2.24, 2.45) is 5.16 Å². The predicted molar refractivity (Wildman–Crippen MR) is 72.2 cm³/mol. The normalized spacial score (nSPS) is 12.7. The number of aromatic nitrogens is 1. The zero-order chi connectivity index (χ0) is 15.0. The van der Waals surface area contributed by atoms with Crippen molar-refractivity contribution in [3.8, 4) is 0 Å². The van der Waals surface area contributed by atoms with E-state index in [-0.39, 0.29) is 10.1 Å². The minimum atomic E-state index is -2.37. The summed E-state index contributed by atoms with van der Waals surface area (Å²) in [5.74, 6) is -1.75. The summed E-state index contributed by atoms with van der Waals surface area (Å²) in [6.45, 7) is 2.28. The molecule has 0 aliphatic carbocycles. The van der Waals surface area contributed by atoms with Crippen LogP contribution in [0.1, 0.15) is 18.2 Å². The van der Waals surface area contributed by atoms with E-state index in [0.29, 0.717) is 13.0 Å². The highest BCUT2D eigenvalue weighted by Crippen LogP contribution is 2.22. The molecule has 0 radical (unpaired) electrons. The molecule has 0 saturated carbocycles. The summed E-state index contributed by atoms with van der Waals surface area (Å²) in [5.41, 5.74) is 0. The summed E-state index contributed by atoms with van der Waals surface area (Å²) in [6.07, 6.45) is 0.620. The van der Waals surface area contributed by atoms with Crippen LogP contribution >= 0.6 is 11.3 Å². The molecule has 4 nitrogen and oxygen atoms in total. The fourth-order valence-corrected chi connectivity index (χ4v) is 3.35. The van der Waals surface area contributed by atoms with Crippen LogP contribution in [0.15, 0.2) is 27.6 Å². The van der Waals surface area contributed by atoms with Gasteiger partial charge in [0.05, 0.1) is 6.42 Å². The summed E-state index contributed by atoms with van der Waals surface area (Å²) >= 11 is -0.409. The molecule has 0 aliphatic rings. The molecule has 1 rings (SSSR count). The molecule has 0 aliphatic heterocycles. The number of halogens is 3. The molecule has 0 unspecified atom stereocenters. The van der Waals surface area contributed by atoms with Crippen molar-refractivity contribution in [1.29, 1.82) is 0 Å². The van der Waals surface area contributed by atoms with Crippen molar-refractivity contribution in [3.63, 3.8) is 0 Å². The second kappa shape index (κ2) is 8.98. The van der Waals surface area contributed by atoms with Gasteiger partial charge >= 0.3 is 10.4 Å². The average molecular weight is 326 g/mol. The van der Waals surface area contributed by atoms with E-state index in [0.717, 1.165) is 4.88 Å². The Hall–Kier alpha value is -1.06. The summed E-state index contributed by atoms with van der Waals surface area (Å²) in [5, 5.41) is 3.66. The molecule has 9 heteroatoms. The van der Waals surface area contributed by atoms with Gasteiger partial charge in [-0.3, -0.25) is 0 Å². The number of hydrogen-bond acceptors (Lipinski definition) is 5. The average Bonchev–Trinajstić information content (AvgIpc) is 2.89. The summed E-state index contributed by atoms with van der Waals surface area (Å²) in [7, 11) is 0. The first-order chi connectivity index (χ1) is 9.54. The Morgan fingerprint density at radius 2 is 2.30 bits per heavy atom. The molecule has 0 amide bonds. The Morgan fingerprint density at radius 3 is 2.95 bits per heavy atom. The predicted octanol–water partition coefficient (Wildman–Crippen LogP) is 3.28. The van der Waals surface area contributed by atoms with Crippen LogP contribution in [0.25, 0.3) is 0 Å². The molecule has 20 heavy (non-hydrogen) atoms. The molecular formula is C11H13F3N2O2S2. The molecule has 1 aromatic heterocycles. The summed E-state index contributed by atoms with van der Waals surface area (Å²) < 4.78 is 48.3. The van der Waals surface area contributed by atoms with E-state index < -0.39 is 29.5 Å². The minimum absolute atomic E-state index is 0.219. The summed E-state index contributed by atoms with van der Waals surface area (Å²) in [4.78, 5) is 9.51. The third-order valence-electron chi connectivity index (χ3n) is 2.01. The van der Waals surface area contributed by atoms with Gasteiger partial charge in [0.1, 0.15) is 12.4 Å². The van der Waals surface area contributed by atoms with E-state index >= 15 is 0 Å². The van der Waals surface area contributed by atoms with E-state index in [9.17, 15) is 17.7 Å². The lowest BCUT2D eigenvalue weighted by atomic mass is 10.4. The fourth-order valence-electron chi connectivity index (χ4n) is 1.11. The van der Waals surface area contributed by atoms with Crippen molar-refractivity contribution in [2.45, 2.75) is 24.1 Å². The first-order valence-corrected chi connectivity index (χ1v) is 7.84. The Kier molecular flexibility index (Phi) is 7.63. The maximum atomic E-state index is 12.6. The Labute approximate surface area is 121 Å². The van der Waals surface area contributed by atoms with Gasteiger partial charge in [0.25, 0.3) is 0 Å². The second-order valence-corrected chi connectivity index (χ2v) is 6.33. The quantitative estimate of drug-likeness (QED) is 0.418.